The molecule has 0 aromatic heterocycles. The second-order valence-electron chi connectivity index (χ2n) is 1.82. The third-order valence-electron chi connectivity index (χ3n) is 0.408. The van der Waals surface area contributed by atoms with Crippen LogP contribution in [0.2, 0.25) is 0 Å². The Morgan fingerprint density at radius 3 is 0.476 bits per heavy atom. The number of halogens is 2. The van der Waals surface area contributed by atoms with E-state index < -0.39 is 0 Å². The minimum absolute atomic E-state index is 0. The van der Waals surface area contributed by atoms with E-state index in [2.05, 4.69) is 50.5 Å². The molecule has 0 bridgehead atoms. The molecule has 13 heteroatoms. The number of hydrogen-bond donors (Lipinski definition) is 0. The molecule has 0 heterocycles. The molecule has 0 spiro atoms. The van der Waals surface area contributed by atoms with E-state index in [-0.39, 0.29) is 74.3 Å². The second kappa shape index (κ2) is 90.7. The van der Waals surface area contributed by atoms with E-state index >= 15 is 0 Å². The molecule has 0 saturated carbocycles. The molecule has 144 valence electrons. The molecular formula is C8H20Cl2N4Ni3S4-4. The summed E-state index contributed by atoms with van der Waals surface area (Å²) in [6.45, 7) is 1.54. The zero-order valence-electron chi connectivity index (χ0n) is 11.0. The van der Waals surface area contributed by atoms with Crippen molar-refractivity contribution >= 4 is 50.5 Å². The van der Waals surface area contributed by atoms with Gasteiger partial charge in [-0.2, -0.15) is 49.2 Å². The first kappa shape index (κ1) is 56.4. The van der Waals surface area contributed by atoms with Crippen LogP contribution in [0.5, 0.6) is 0 Å². The molecule has 0 atom stereocenters. The summed E-state index contributed by atoms with van der Waals surface area (Å²) in [5, 5.41) is 0. The molecule has 0 rings (SSSR count). The van der Waals surface area contributed by atoms with Gasteiger partial charge in [-0.25, -0.2) is 0 Å². The second-order valence-corrected chi connectivity index (χ2v) is 3.45. The van der Waals surface area contributed by atoms with Gasteiger partial charge in [-0.05, 0) is 0 Å². The Bertz CT molecular complexity index is 69.5. The maximum atomic E-state index is 6.35. The topological polar surface area (TPSA) is 95.2 Å². The molecule has 0 aliphatic heterocycles. The monoisotopic (exact) mass is 544 g/mol. The van der Waals surface area contributed by atoms with Gasteiger partial charge in [0.1, 0.15) is 0 Å². The fourth-order valence-electron chi connectivity index (χ4n) is 0. The zero-order valence-corrected chi connectivity index (χ0v) is 18.7. The summed E-state index contributed by atoms with van der Waals surface area (Å²) in [4.78, 5) is 0. The molecule has 0 fully saturated rings. The van der Waals surface area contributed by atoms with Gasteiger partial charge in [-0.15, -0.1) is 0 Å². The molecule has 0 aliphatic carbocycles. The number of nitrogens with one attached hydrogen (secondary N) is 4. The minimum Gasteiger partial charge on any atom is -1.00 e. The average molecular weight is 548 g/mol. The quantitative estimate of drug-likeness (QED) is 0.268. The summed E-state index contributed by atoms with van der Waals surface area (Å²) < 4.78 is 0. The normalized spacial score (nSPS) is 5.71. The van der Waals surface area contributed by atoms with Crippen LogP contribution in [-0.2, 0) is 100.0 Å². The maximum absolute atomic E-state index is 6.35. The van der Waals surface area contributed by atoms with Crippen molar-refractivity contribution in [1.82, 2.24) is 0 Å². The van der Waals surface area contributed by atoms with Crippen molar-refractivity contribution in [1.29, 1.82) is 0 Å². The van der Waals surface area contributed by atoms with E-state index in [0.29, 0.717) is 49.2 Å². The third kappa shape index (κ3) is 198. The van der Waals surface area contributed by atoms with Crippen LogP contribution in [0.25, 0.3) is 22.9 Å². The molecule has 4 N–H and O–H groups in total. The van der Waals surface area contributed by atoms with E-state index in [4.69, 9.17) is 22.9 Å². The minimum atomic E-state index is 0. The van der Waals surface area contributed by atoms with Crippen molar-refractivity contribution in [2.45, 2.75) is 0 Å². The fourth-order valence-corrected chi connectivity index (χ4v) is 0. The van der Waals surface area contributed by atoms with E-state index in [1.165, 1.54) is 0 Å². The standard InChI is InChI=1S/4C2H6NS.2ClH.3Ni/c4*3-1-2-4;;;;;/h4*3-4H,1-2H2;2*1H;;;/q4*-1;;;3*+2/p-6. The SMILES string of the molecule is [Cl-].[Cl-].[NH-]CC[S-].[NH-]CC[S-].[NH-]CC[S-].[NH-]CC[S-].[Ni+2].[Ni+2].[Ni+2]. The molecule has 0 aromatic rings. The van der Waals surface area contributed by atoms with Crippen molar-refractivity contribution < 1.29 is 74.3 Å². The zero-order chi connectivity index (χ0) is 13.7. The molecule has 0 aliphatic rings. The van der Waals surface area contributed by atoms with Crippen molar-refractivity contribution in [2.75, 3.05) is 49.2 Å². The van der Waals surface area contributed by atoms with Gasteiger partial charge >= 0.3 is 49.5 Å². The van der Waals surface area contributed by atoms with E-state index in [9.17, 15) is 0 Å². The Hall–Kier alpha value is 3.30. The summed E-state index contributed by atoms with van der Waals surface area (Å²) in [6.07, 6.45) is 0. The van der Waals surface area contributed by atoms with E-state index in [1.807, 2.05) is 0 Å². The van der Waals surface area contributed by atoms with Crippen molar-refractivity contribution in [3.8, 4) is 0 Å². The molecule has 0 unspecified atom stereocenters. The van der Waals surface area contributed by atoms with Crippen LogP contribution in [0.4, 0.5) is 0 Å². The summed E-state index contributed by atoms with van der Waals surface area (Å²) in [6, 6.07) is 0. The molecule has 21 heavy (non-hydrogen) atoms. The predicted octanol–water partition coefficient (Wildman–Crippen LogP) is -3.66. The van der Waals surface area contributed by atoms with E-state index in [0.717, 1.165) is 0 Å². The Morgan fingerprint density at radius 2 is 0.476 bits per heavy atom. The first-order chi connectivity index (χ1) is 7.66. The molecular weight excluding hydrogens is 527 g/mol. The van der Waals surface area contributed by atoms with Gasteiger partial charge in [0, 0.05) is 0 Å². The molecule has 0 amide bonds. The Balaban J connectivity index is -0.0000000121. The van der Waals surface area contributed by atoms with Crippen molar-refractivity contribution in [2.24, 2.45) is 0 Å². The average Bonchev–Trinajstić information content (AvgIpc) is 2.39. The number of hydrogen-bond acceptors (Lipinski definition) is 4. The largest absolute Gasteiger partial charge is 2.00 e. The van der Waals surface area contributed by atoms with Crippen LogP contribution in [0.15, 0.2) is 0 Å². The van der Waals surface area contributed by atoms with E-state index in [1.54, 1.807) is 0 Å². The van der Waals surface area contributed by atoms with Crippen molar-refractivity contribution in [3.05, 3.63) is 22.9 Å². The first-order valence-electron chi connectivity index (χ1n) is 4.57. The third-order valence-corrected chi connectivity index (χ3v) is 1.22. The van der Waals surface area contributed by atoms with Crippen LogP contribution < -0.4 is 24.8 Å². The first-order valence-corrected chi connectivity index (χ1v) is 6.88. The van der Waals surface area contributed by atoms with Gasteiger partial charge in [0.05, 0.1) is 0 Å². The Kier molecular flexibility index (Phi) is 244. The fraction of sp³-hybridized carbons (Fsp3) is 1.00. The van der Waals surface area contributed by atoms with Gasteiger partial charge in [0.2, 0.25) is 0 Å². The maximum Gasteiger partial charge on any atom is 2.00 e. The molecule has 0 saturated heterocycles. The smallest absolute Gasteiger partial charge is 1.00 e. The van der Waals surface area contributed by atoms with Gasteiger partial charge in [-0.3, -0.25) is 0 Å². The number of rotatable bonds is 4. The van der Waals surface area contributed by atoms with Gasteiger partial charge in [0.25, 0.3) is 0 Å². The Morgan fingerprint density at radius 1 is 0.429 bits per heavy atom. The van der Waals surface area contributed by atoms with Gasteiger partial charge < -0.3 is 98.3 Å². The van der Waals surface area contributed by atoms with Gasteiger partial charge in [-0.1, -0.05) is 0 Å². The van der Waals surface area contributed by atoms with Crippen molar-refractivity contribution in [3.63, 3.8) is 0 Å². The van der Waals surface area contributed by atoms with Crippen LogP contribution >= 0.6 is 0 Å². The van der Waals surface area contributed by atoms with Crippen LogP contribution in [0.3, 0.4) is 0 Å². The molecule has 4 nitrogen and oxygen atoms in total. The molecule has 0 radical (unpaired) electrons. The molecule has 0 aromatic carbocycles. The van der Waals surface area contributed by atoms with Gasteiger partial charge in [0.15, 0.2) is 0 Å². The van der Waals surface area contributed by atoms with Crippen LogP contribution in [0, 0.1) is 0 Å². The summed E-state index contributed by atoms with van der Waals surface area (Å²) in [7, 11) is 0. The van der Waals surface area contributed by atoms with Crippen LogP contribution in [-0.4, -0.2) is 49.2 Å². The predicted molar refractivity (Wildman–Crippen MR) is 85.7 cm³/mol. The summed E-state index contributed by atoms with van der Waals surface area (Å²) in [5.74, 6) is 2.28. The Labute approximate surface area is 195 Å². The summed E-state index contributed by atoms with van der Waals surface area (Å²) in [5.41, 5.74) is 25.4. The summed E-state index contributed by atoms with van der Waals surface area (Å²) >= 11 is 17.5. The van der Waals surface area contributed by atoms with Crippen LogP contribution in [0.1, 0.15) is 0 Å².